The Hall–Kier alpha value is -2.18. The van der Waals surface area contributed by atoms with E-state index in [2.05, 4.69) is 9.97 Å². The Morgan fingerprint density at radius 1 is 1.33 bits per heavy atom. The summed E-state index contributed by atoms with van der Waals surface area (Å²) in [7, 11) is 1.65. The van der Waals surface area contributed by atoms with Gasteiger partial charge in [-0.2, -0.15) is 0 Å². The zero-order chi connectivity index (χ0) is 16.9. The van der Waals surface area contributed by atoms with Crippen LogP contribution in [0, 0.1) is 0 Å². The van der Waals surface area contributed by atoms with E-state index >= 15 is 0 Å². The normalized spacial score (nSPS) is 20.2. The highest BCUT2D eigenvalue weighted by Crippen LogP contribution is 2.25. The van der Waals surface area contributed by atoms with Crippen LogP contribution < -0.4 is 4.74 Å². The molecular formula is C17H18ClN3O3. The van der Waals surface area contributed by atoms with Crippen LogP contribution in [0.5, 0.6) is 5.75 Å². The van der Waals surface area contributed by atoms with Gasteiger partial charge in [-0.05, 0) is 24.6 Å². The van der Waals surface area contributed by atoms with E-state index in [9.17, 15) is 4.79 Å². The van der Waals surface area contributed by atoms with Gasteiger partial charge in [-0.25, -0.2) is 0 Å². The summed E-state index contributed by atoms with van der Waals surface area (Å²) in [4.78, 5) is 22.5. The lowest BCUT2D eigenvalue weighted by molar-refractivity contribution is 0.0658. The van der Waals surface area contributed by atoms with Crippen molar-refractivity contribution in [2.24, 2.45) is 0 Å². The number of methoxy groups -OCH3 is 1. The first-order valence-corrected chi connectivity index (χ1v) is 8.03. The van der Waals surface area contributed by atoms with Gasteiger partial charge in [-0.1, -0.05) is 11.6 Å². The Labute approximate surface area is 145 Å². The topological polar surface area (TPSA) is 64.6 Å². The van der Waals surface area contributed by atoms with E-state index in [1.54, 1.807) is 36.7 Å². The minimum Gasteiger partial charge on any atom is -0.490 e. The molecule has 3 rings (SSSR count). The summed E-state index contributed by atoms with van der Waals surface area (Å²) in [6.07, 6.45) is 7.06. The molecule has 0 spiro atoms. The summed E-state index contributed by atoms with van der Waals surface area (Å²) < 4.78 is 11.2. The molecule has 126 valence electrons. The highest BCUT2D eigenvalue weighted by molar-refractivity contribution is 6.33. The SMILES string of the molecule is CO[C@@H]1C[C@@H](COc2cccnc2)N(C(=O)c2ccncc2Cl)C1. The predicted octanol–water partition coefficient (Wildman–Crippen LogP) is 2.44. The molecular weight excluding hydrogens is 330 g/mol. The molecule has 0 unspecified atom stereocenters. The number of halogens is 1. The number of nitrogens with zero attached hydrogens (tertiary/aromatic N) is 3. The number of amides is 1. The van der Waals surface area contributed by atoms with Crippen molar-refractivity contribution in [3.63, 3.8) is 0 Å². The molecule has 0 saturated carbocycles. The van der Waals surface area contributed by atoms with Gasteiger partial charge in [0.25, 0.3) is 5.91 Å². The van der Waals surface area contributed by atoms with Crippen LogP contribution in [0.25, 0.3) is 0 Å². The number of hydrogen-bond acceptors (Lipinski definition) is 5. The molecule has 3 heterocycles. The summed E-state index contributed by atoms with van der Waals surface area (Å²) in [6.45, 7) is 0.884. The first kappa shape index (κ1) is 16.7. The van der Waals surface area contributed by atoms with Crippen molar-refractivity contribution in [2.45, 2.75) is 18.6 Å². The largest absolute Gasteiger partial charge is 0.490 e. The molecule has 1 fully saturated rings. The van der Waals surface area contributed by atoms with Crippen LogP contribution in [0.15, 0.2) is 43.0 Å². The van der Waals surface area contributed by atoms with E-state index < -0.39 is 0 Å². The monoisotopic (exact) mass is 347 g/mol. The van der Waals surface area contributed by atoms with E-state index in [4.69, 9.17) is 21.1 Å². The van der Waals surface area contributed by atoms with Crippen molar-refractivity contribution in [3.05, 3.63) is 53.6 Å². The van der Waals surface area contributed by atoms with Gasteiger partial charge in [0.2, 0.25) is 0 Å². The summed E-state index contributed by atoms with van der Waals surface area (Å²) in [5.74, 6) is 0.537. The quantitative estimate of drug-likeness (QED) is 0.831. The zero-order valence-corrected chi connectivity index (χ0v) is 14.0. The maximum atomic E-state index is 12.8. The van der Waals surface area contributed by atoms with Crippen molar-refractivity contribution in [1.82, 2.24) is 14.9 Å². The van der Waals surface area contributed by atoms with Crippen LogP contribution in [-0.4, -0.2) is 53.2 Å². The van der Waals surface area contributed by atoms with Gasteiger partial charge in [-0.3, -0.25) is 14.8 Å². The van der Waals surface area contributed by atoms with E-state index in [-0.39, 0.29) is 18.1 Å². The molecule has 2 aromatic rings. The standard InChI is InChI=1S/C17H18ClN3O3/c1-23-14-7-12(11-24-13-3-2-5-19-8-13)21(10-14)17(22)15-4-6-20-9-16(15)18/h2-6,8-9,12,14H,7,10-11H2,1H3/t12-,14+/m0/s1. The maximum absolute atomic E-state index is 12.8. The zero-order valence-electron chi connectivity index (χ0n) is 13.3. The average molecular weight is 348 g/mol. The third-order valence-corrected chi connectivity index (χ3v) is 4.35. The minimum atomic E-state index is -0.137. The number of hydrogen-bond donors (Lipinski definition) is 0. The maximum Gasteiger partial charge on any atom is 0.255 e. The van der Waals surface area contributed by atoms with Crippen molar-refractivity contribution >= 4 is 17.5 Å². The number of aromatic nitrogens is 2. The number of carbonyl (C=O) groups excluding carboxylic acids is 1. The third-order valence-electron chi connectivity index (χ3n) is 4.05. The third kappa shape index (κ3) is 3.66. The highest BCUT2D eigenvalue weighted by Gasteiger charge is 2.36. The molecule has 6 nitrogen and oxygen atoms in total. The van der Waals surface area contributed by atoms with E-state index in [0.29, 0.717) is 35.9 Å². The summed E-state index contributed by atoms with van der Waals surface area (Å²) in [5, 5.41) is 0.343. The molecule has 1 amide bonds. The molecule has 0 aliphatic carbocycles. The smallest absolute Gasteiger partial charge is 0.255 e. The second kappa shape index (κ2) is 7.59. The number of rotatable bonds is 5. The Kier molecular flexibility index (Phi) is 5.27. The van der Waals surface area contributed by atoms with Gasteiger partial charge in [0, 0.05) is 32.2 Å². The molecule has 0 radical (unpaired) electrons. The number of ether oxygens (including phenoxy) is 2. The van der Waals surface area contributed by atoms with Crippen LogP contribution in [0.2, 0.25) is 5.02 Å². The van der Waals surface area contributed by atoms with Gasteiger partial charge < -0.3 is 14.4 Å². The van der Waals surface area contributed by atoms with Crippen LogP contribution in [-0.2, 0) is 4.74 Å². The first-order chi connectivity index (χ1) is 11.7. The number of pyridine rings is 2. The Bertz CT molecular complexity index is 698. The molecule has 0 aromatic carbocycles. The van der Waals surface area contributed by atoms with Crippen LogP contribution in [0.4, 0.5) is 0 Å². The summed E-state index contributed by atoms with van der Waals surface area (Å²) in [6, 6.07) is 5.18. The van der Waals surface area contributed by atoms with Crippen LogP contribution in [0.1, 0.15) is 16.8 Å². The van der Waals surface area contributed by atoms with E-state index in [1.807, 2.05) is 12.1 Å². The fourth-order valence-corrected chi connectivity index (χ4v) is 2.98. The first-order valence-electron chi connectivity index (χ1n) is 7.65. The summed E-state index contributed by atoms with van der Waals surface area (Å²) >= 11 is 6.11. The van der Waals surface area contributed by atoms with Gasteiger partial charge in [-0.15, -0.1) is 0 Å². The summed E-state index contributed by atoms with van der Waals surface area (Å²) in [5.41, 5.74) is 0.440. The fraction of sp³-hybridized carbons (Fsp3) is 0.353. The van der Waals surface area contributed by atoms with Gasteiger partial charge in [0.05, 0.1) is 28.9 Å². The van der Waals surface area contributed by atoms with Crippen LogP contribution >= 0.6 is 11.6 Å². The molecule has 2 aromatic heterocycles. The molecule has 2 atom stereocenters. The lowest BCUT2D eigenvalue weighted by atomic mass is 10.2. The van der Waals surface area contributed by atoms with Crippen LogP contribution in [0.3, 0.4) is 0 Å². The van der Waals surface area contributed by atoms with Crippen molar-refractivity contribution < 1.29 is 14.3 Å². The predicted molar refractivity (Wildman–Crippen MR) is 89.2 cm³/mol. The van der Waals surface area contributed by atoms with E-state index in [0.717, 1.165) is 0 Å². The number of likely N-dealkylation sites (tertiary alicyclic amines) is 1. The van der Waals surface area contributed by atoms with Crippen molar-refractivity contribution in [2.75, 3.05) is 20.3 Å². The second-order valence-electron chi connectivity index (χ2n) is 5.56. The van der Waals surface area contributed by atoms with Crippen molar-refractivity contribution in [3.8, 4) is 5.75 Å². The second-order valence-corrected chi connectivity index (χ2v) is 5.97. The Balaban J connectivity index is 1.74. The highest BCUT2D eigenvalue weighted by atomic mass is 35.5. The molecule has 1 aliphatic heterocycles. The lowest BCUT2D eigenvalue weighted by Crippen LogP contribution is -2.39. The average Bonchev–Trinajstić information content (AvgIpc) is 3.04. The van der Waals surface area contributed by atoms with Gasteiger partial charge in [0.15, 0.2) is 0 Å². The molecule has 1 saturated heterocycles. The lowest BCUT2D eigenvalue weighted by Gasteiger charge is -2.24. The van der Waals surface area contributed by atoms with Crippen molar-refractivity contribution in [1.29, 1.82) is 0 Å². The molecule has 1 aliphatic rings. The van der Waals surface area contributed by atoms with Gasteiger partial charge in [0.1, 0.15) is 12.4 Å². The fourth-order valence-electron chi connectivity index (χ4n) is 2.78. The molecule has 7 heteroatoms. The van der Waals surface area contributed by atoms with Gasteiger partial charge >= 0.3 is 0 Å². The minimum absolute atomic E-state index is 0.0166. The Morgan fingerprint density at radius 3 is 2.88 bits per heavy atom. The molecule has 0 N–H and O–H groups in total. The molecule has 24 heavy (non-hydrogen) atoms. The Morgan fingerprint density at radius 2 is 2.17 bits per heavy atom. The molecule has 0 bridgehead atoms. The van der Waals surface area contributed by atoms with E-state index in [1.165, 1.54) is 6.20 Å². The number of carbonyl (C=O) groups is 1.